The van der Waals surface area contributed by atoms with Crippen molar-refractivity contribution in [1.82, 2.24) is 0 Å². The van der Waals surface area contributed by atoms with Crippen LogP contribution < -0.4 is 29.6 Å². The Labute approximate surface area is 106 Å². The van der Waals surface area contributed by atoms with E-state index in [0.29, 0.717) is 0 Å². The number of rotatable bonds is 0. The van der Waals surface area contributed by atoms with Crippen molar-refractivity contribution in [3.05, 3.63) is 0 Å². The summed E-state index contributed by atoms with van der Waals surface area (Å²) in [4.78, 5) is 8.00. The Morgan fingerprint density at radius 3 is 0.923 bits per heavy atom. The summed E-state index contributed by atoms with van der Waals surface area (Å²) in [5.41, 5.74) is 0. The fourth-order valence-corrected chi connectivity index (χ4v) is 0. The van der Waals surface area contributed by atoms with Crippen LogP contribution >= 0.6 is 24.6 Å². The Morgan fingerprint density at radius 2 is 0.923 bits per heavy atom. The second-order valence-electron chi connectivity index (χ2n) is 0.156. The Balaban J connectivity index is -0.00000000409. The Kier molecular flexibility index (Phi) is 1020. The van der Waals surface area contributed by atoms with Crippen molar-refractivity contribution < 1.29 is 74.5 Å². The van der Waals surface area contributed by atoms with Crippen LogP contribution in [0, 0.1) is 0 Å². The Hall–Kier alpha value is 1.05. The molecule has 13 heavy (non-hydrogen) atoms. The van der Waals surface area contributed by atoms with E-state index in [9.17, 15) is 0 Å². The van der Waals surface area contributed by atoms with Crippen LogP contribution in [0.1, 0.15) is 0 Å². The largest absolute Gasteiger partial charge is 1.00 e. The number of carbonyl (C=O) groups excluding carboxylic acids is 1. The maximum atomic E-state index is 8.40. The SMILES string of the molecule is C=O.O.O.O.O.OSO.[Na+].[O-]SO. The van der Waals surface area contributed by atoms with Crippen molar-refractivity contribution in [2.45, 2.75) is 0 Å². The fourth-order valence-electron chi connectivity index (χ4n) is 0. The topological polar surface area (TPSA) is 227 Å². The van der Waals surface area contributed by atoms with Crippen LogP contribution in [0.5, 0.6) is 0 Å². The third-order valence-corrected chi connectivity index (χ3v) is 0. The number of hydrogen-bond donors (Lipinski definition) is 3. The number of carbonyl (C=O) groups is 1. The first-order chi connectivity index (χ1) is 3.83. The summed E-state index contributed by atoms with van der Waals surface area (Å²) in [6.45, 7) is 2.00. The predicted molar refractivity (Wildman–Crippen MR) is 45.4 cm³/mol. The van der Waals surface area contributed by atoms with Crippen molar-refractivity contribution in [2.24, 2.45) is 0 Å². The van der Waals surface area contributed by atoms with Gasteiger partial charge in [-0.15, -0.1) is 12.3 Å². The molecule has 0 bridgehead atoms. The molecule has 0 spiro atoms. The van der Waals surface area contributed by atoms with Gasteiger partial charge in [0.05, 0.1) is 0 Å². The summed E-state index contributed by atoms with van der Waals surface area (Å²) >= 11 is -0.750. The van der Waals surface area contributed by atoms with Crippen molar-refractivity contribution >= 4 is 31.4 Å². The second-order valence-corrected chi connectivity index (χ2v) is 0.469. The molecule has 0 aromatic carbocycles. The first-order valence-corrected chi connectivity index (χ1v) is 2.43. The summed E-state index contributed by atoms with van der Waals surface area (Å²) in [5, 5.41) is 0. The minimum absolute atomic E-state index is 0. The van der Waals surface area contributed by atoms with E-state index in [1.807, 2.05) is 6.79 Å². The maximum absolute atomic E-state index is 8.40. The number of hydrogen-bond acceptors (Lipinski definition) is 7. The molecule has 84 valence electrons. The van der Waals surface area contributed by atoms with Crippen LogP contribution in [0.4, 0.5) is 0 Å². The van der Waals surface area contributed by atoms with Gasteiger partial charge in [-0.2, -0.15) is 0 Å². The van der Waals surface area contributed by atoms with Crippen molar-refractivity contribution in [3.8, 4) is 0 Å². The van der Waals surface area contributed by atoms with Gasteiger partial charge in [0.15, 0.2) is 12.3 Å². The van der Waals surface area contributed by atoms with Crippen molar-refractivity contribution in [1.29, 1.82) is 0 Å². The van der Waals surface area contributed by atoms with Crippen molar-refractivity contribution in [2.75, 3.05) is 0 Å². The monoisotopic (exact) mass is 256 g/mol. The van der Waals surface area contributed by atoms with Gasteiger partial charge in [0, 0.05) is 0 Å². The smallest absolute Gasteiger partial charge is 0.776 e. The summed E-state index contributed by atoms with van der Waals surface area (Å²) in [6.07, 6.45) is 0. The van der Waals surface area contributed by atoms with Gasteiger partial charge in [-0.3, -0.25) is 0 Å². The molecule has 0 aromatic heterocycles. The quantitative estimate of drug-likeness (QED) is 0.281. The molecular weight excluding hydrogens is 243 g/mol. The average Bonchev–Trinajstić information content (AvgIpc) is 1.75. The van der Waals surface area contributed by atoms with Gasteiger partial charge in [0.1, 0.15) is 6.79 Å². The summed E-state index contributed by atoms with van der Waals surface area (Å²) in [7, 11) is 0. The molecular formula is CH13NaO9S2. The third-order valence-electron chi connectivity index (χ3n) is 0. The Morgan fingerprint density at radius 1 is 0.923 bits per heavy atom. The molecule has 0 aliphatic rings. The molecule has 0 aliphatic carbocycles. The molecule has 0 heterocycles. The van der Waals surface area contributed by atoms with Crippen LogP contribution in [-0.2, 0) is 4.79 Å². The molecule has 9 nitrogen and oxygen atoms in total. The molecule has 0 rings (SSSR count). The van der Waals surface area contributed by atoms with Gasteiger partial charge >= 0.3 is 29.6 Å². The van der Waals surface area contributed by atoms with Gasteiger partial charge in [0.2, 0.25) is 0 Å². The van der Waals surface area contributed by atoms with E-state index in [0.717, 1.165) is 0 Å². The van der Waals surface area contributed by atoms with Crippen molar-refractivity contribution in [3.63, 3.8) is 0 Å². The van der Waals surface area contributed by atoms with E-state index in [-0.39, 0.29) is 63.8 Å². The normalized spacial score (nSPS) is 3.08. The molecule has 12 heteroatoms. The molecule has 0 amide bonds. The van der Waals surface area contributed by atoms with E-state index >= 15 is 0 Å². The van der Waals surface area contributed by atoms with Crippen LogP contribution in [0.2, 0.25) is 0 Å². The first-order valence-electron chi connectivity index (χ1n) is 1.00. The van der Waals surface area contributed by atoms with E-state index < -0.39 is 12.3 Å². The molecule has 11 N–H and O–H groups in total. The van der Waals surface area contributed by atoms with Gasteiger partial charge in [0.25, 0.3) is 0 Å². The summed E-state index contributed by atoms with van der Waals surface area (Å²) < 4.78 is 29.4. The van der Waals surface area contributed by atoms with Gasteiger partial charge < -0.3 is 44.9 Å². The minimum atomic E-state index is -0.500. The molecule has 0 saturated carbocycles. The van der Waals surface area contributed by atoms with Crippen LogP contribution in [0.25, 0.3) is 0 Å². The zero-order valence-corrected chi connectivity index (χ0v) is 10.3. The predicted octanol–water partition coefficient (Wildman–Crippen LogP) is -5.49. The first kappa shape index (κ1) is 65.4. The zero-order valence-electron chi connectivity index (χ0n) is 6.68. The Bertz CT molecular complexity index is 25.1. The van der Waals surface area contributed by atoms with Crippen LogP contribution in [-0.4, -0.2) is 46.9 Å². The average molecular weight is 256 g/mol. The summed E-state index contributed by atoms with van der Waals surface area (Å²) in [6, 6.07) is 0. The molecule has 0 saturated heterocycles. The third kappa shape index (κ3) is 1450. The zero-order chi connectivity index (χ0) is 7.41. The molecule has 0 radical (unpaired) electrons. The van der Waals surface area contributed by atoms with E-state index in [4.69, 9.17) is 23.0 Å². The fraction of sp³-hybridized carbons (Fsp3) is 0. The van der Waals surface area contributed by atoms with Gasteiger partial charge in [-0.05, 0) is 0 Å². The van der Waals surface area contributed by atoms with E-state index in [2.05, 4.69) is 0 Å². The van der Waals surface area contributed by atoms with Crippen LogP contribution in [0.15, 0.2) is 0 Å². The second kappa shape index (κ2) is 204. The van der Waals surface area contributed by atoms with Crippen LogP contribution in [0.3, 0.4) is 0 Å². The van der Waals surface area contributed by atoms with E-state index in [1.54, 1.807) is 0 Å². The minimum Gasteiger partial charge on any atom is -0.776 e. The van der Waals surface area contributed by atoms with E-state index in [1.165, 1.54) is 0 Å². The molecule has 0 atom stereocenters. The molecule has 0 unspecified atom stereocenters. The standard InChI is InChI=1S/CH2O.Na.2H2O2S.4H2O/c1-2;;2*1-3-2;;;;/h1H2;;2*1-2H;4*1H2/q;+1;;;;;;/p-1. The van der Waals surface area contributed by atoms with Gasteiger partial charge in [-0.1, -0.05) is 0 Å². The molecule has 0 aliphatic heterocycles. The molecule has 0 fully saturated rings. The maximum Gasteiger partial charge on any atom is 1.00 e. The summed E-state index contributed by atoms with van der Waals surface area (Å²) in [5.74, 6) is 0. The van der Waals surface area contributed by atoms with Gasteiger partial charge in [-0.25, -0.2) is 0 Å². The molecule has 0 aromatic rings.